The predicted octanol–water partition coefficient (Wildman–Crippen LogP) is 11.5. The van der Waals surface area contributed by atoms with Gasteiger partial charge in [0.05, 0.1) is 13.7 Å². The van der Waals surface area contributed by atoms with Crippen LogP contribution in [0.1, 0.15) is 50.7 Å². The summed E-state index contributed by atoms with van der Waals surface area (Å²) in [6, 6.07) is 41.9. The number of benzene rings is 4. The van der Waals surface area contributed by atoms with E-state index in [1.165, 1.54) is 16.3 Å². The molecule has 0 N–H and O–H groups in total. The zero-order chi connectivity index (χ0) is 33.1. The first-order valence-corrected chi connectivity index (χ1v) is 20.0. The molecule has 0 aliphatic rings. The minimum Gasteiger partial charge on any atom is -0.501 e. The summed E-state index contributed by atoms with van der Waals surface area (Å²) in [6.45, 7) is 16.0. The molecule has 0 saturated heterocycles. The SMILES string of the molecule is CC(C)c1cc(-c2[c-]cccc2)ncc1[Si](C)(C)C.CC(C)c1ccnc(-c2[c-]cc(-c3ccccc3)c3c2oc2ccccc23)c1.[Ir]. The van der Waals surface area contributed by atoms with Crippen LogP contribution in [0.25, 0.3) is 55.6 Å². The number of nitrogens with zero attached hydrogens (tertiary/aromatic N) is 2. The molecule has 0 atom stereocenters. The zero-order valence-corrected chi connectivity index (χ0v) is 32.2. The van der Waals surface area contributed by atoms with E-state index in [9.17, 15) is 0 Å². The van der Waals surface area contributed by atoms with Crippen LogP contribution >= 0.6 is 0 Å². The minimum atomic E-state index is -1.34. The molecular formula is C43H42IrN2OSi-2. The van der Waals surface area contributed by atoms with E-state index >= 15 is 0 Å². The van der Waals surface area contributed by atoms with E-state index in [0.717, 1.165) is 55.6 Å². The molecule has 0 aliphatic heterocycles. The van der Waals surface area contributed by atoms with Crippen molar-refractivity contribution in [1.29, 1.82) is 0 Å². The number of rotatable bonds is 6. The maximum Gasteiger partial charge on any atom is 0.120 e. The molecule has 7 rings (SSSR count). The van der Waals surface area contributed by atoms with Gasteiger partial charge < -0.3 is 14.4 Å². The van der Waals surface area contributed by atoms with Crippen molar-refractivity contribution in [3.8, 4) is 33.6 Å². The Morgan fingerprint density at radius 1 is 0.729 bits per heavy atom. The molecule has 7 aromatic rings. The van der Waals surface area contributed by atoms with Gasteiger partial charge in [0, 0.05) is 37.9 Å². The van der Waals surface area contributed by atoms with Gasteiger partial charge in [0.2, 0.25) is 0 Å². The molecule has 0 saturated carbocycles. The van der Waals surface area contributed by atoms with Crippen molar-refractivity contribution >= 4 is 35.2 Å². The molecule has 0 aliphatic carbocycles. The van der Waals surface area contributed by atoms with Gasteiger partial charge in [-0.3, -0.25) is 0 Å². The van der Waals surface area contributed by atoms with Crippen LogP contribution in [0, 0.1) is 12.1 Å². The van der Waals surface area contributed by atoms with E-state index in [1.807, 2.05) is 42.6 Å². The van der Waals surface area contributed by atoms with Crippen molar-refractivity contribution in [1.82, 2.24) is 9.97 Å². The Hall–Kier alpha value is -4.15. The third-order valence-electron chi connectivity index (χ3n) is 8.60. The molecule has 48 heavy (non-hydrogen) atoms. The third kappa shape index (κ3) is 7.44. The molecule has 0 fully saturated rings. The summed E-state index contributed by atoms with van der Waals surface area (Å²) in [5, 5.41) is 3.71. The Kier molecular flexibility index (Phi) is 10.9. The van der Waals surface area contributed by atoms with Crippen LogP contribution in [0.3, 0.4) is 0 Å². The molecule has 245 valence electrons. The molecule has 0 amide bonds. The molecule has 3 aromatic heterocycles. The predicted molar refractivity (Wildman–Crippen MR) is 201 cm³/mol. The summed E-state index contributed by atoms with van der Waals surface area (Å²) < 4.78 is 6.33. The fraction of sp³-hybridized carbons (Fsp3) is 0.209. The van der Waals surface area contributed by atoms with E-state index in [0.29, 0.717) is 11.8 Å². The van der Waals surface area contributed by atoms with Crippen molar-refractivity contribution in [2.45, 2.75) is 59.2 Å². The van der Waals surface area contributed by atoms with Crippen molar-refractivity contribution in [2.75, 3.05) is 0 Å². The first kappa shape index (κ1) is 35.2. The van der Waals surface area contributed by atoms with Gasteiger partial charge in [-0.25, -0.2) is 0 Å². The van der Waals surface area contributed by atoms with Crippen molar-refractivity contribution in [2.24, 2.45) is 0 Å². The van der Waals surface area contributed by atoms with E-state index in [2.05, 4.69) is 142 Å². The molecule has 4 aromatic carbocycles. The van der Waals surface area contributed by atoms with Crippen molar-refractivity contribution in [3.63, 3.8) is 0 Å². The van der Waals surface area contributed by atoms with Crippen molar-refractivity contribution in [3.05, 3.63) is 139 Å². The molecule has 3 nitrogen and oxygen atoms in total. The number of pyridine rings is 2. The Bertz CT molecular complexity index is 2130. The summed E-state index contributed by atoms with van der Waals surface area (Å²) >= 11 is 0. The average Bonchev–Trinajstić information content (AvgIpc) is 3.48. The summed E-state index contributed by atoms with van der Waals surface area (Å²) in [7, 11) is -1.34. The Labute approximate surface area is 299 Å². The first-order chi connectivity index (χ1) is 22.6. The second-order valence-corrected chi connectivity index (χ2v) is 18.8. The summed E-state index contributed by atoms with van der Waals surface area (Å²) in [5.41, 5.74) is 10.6. The average molecular weight is 823 g/mol. The molecule has 0 unspecified atom stereocenters. The molecule has 1 radical (unpaired) electrons. The topological polar surface area (TPSA) is 38.9 Å². The van der Waals surface area contributed by atoms with E-state index in [-0.39, 0.29) is 20.1 Å². The summed E-state index contributed by atoms with van der Waals surface area (Å²) in [5.74, 6) is 0.976. The minimum absolute atomic E-state index is 0. The second kappa shape index (κ2) is 14.9. The quantitative estimate of drug-likeness (QED) is 0.124. The van der Waals surface area contributed by atoms with Crippen molar-refractivity contribution < 1.29 is 24.5 Å². The Morgan fingerprint density at radius 3 is 2.15 bits per heavy atom. The maximum absolute atomic E-state index is 6.33. The van der Waals surface area contributed by atoms with Crippen LogP contribution in [0.2, 0.25) is 19.6 Å². The summed E-state index contributed by atoms with van der Waals surface area (Å²) in [4.78, 5) is 9.29. The van der Waals surface area contributed by atoms with Crippen LogP contribution in [-0.4, -0.2) is 18.0 Å². The van der Waals surface area contributed by atoms with Gasteiger partial charge >= 0.3 is 0 Å². The number of furan rings is 1. The standard InChI is InChI=1S/C26H20NO.C17H22NSi.Ir/c1-17(2)19-14-15-27-23(16-19)21-13-12-20(18-8-4-3-5-9-18)25-22-10-6-7-11-24(22)28-26(21)25;1-13(2)15-11-16(14-9-7-6-8-10-14)18-12-17(15)19(3,4)5;/h3-12,14-17H,1-2H3;6-9,11-13H,1-5H3;/q2*-1;. The largest absolute Gasteiger partial charge is 0.501 e. The van der Waals surface area contributed by atoms with E-state index < -0.39 is 8.07 Å². The Morgan fingerprint density at radius 2 is 1.46 bits per heavy atom. The summed E-state index contributed by atoms with van der Waals surface area (Å²) in [6.07, 6.45) is 3.97. The van der Waals surface area contributed by atoms with Gasteiger partial charge in [-0.2, -0.15) is 0 Å². The van der Waals surface area contributed by atoms with Crippen LogP contribution in [0.15, 0.2) is 120 Å². The molecule has 0 spiro atoms. The first-order valence-electron chi connectivity index (χ1n) is 16.5. The van der Waals surface area contributed by atoms with Crippen LogP contribution < -0.4 is 5.19 Å². The fourth-order valence-corrected chi connectivity index (χ4v) is 7.70. The van der Waals surface area contributed by atoms with Gasteiger partial charge in [0.1, 0.15) is 5.58 Å². The third-order valence-corrected chi connectivity index (χ3v) is 10.6. The van der Waals surface area contributed by atoms with Crippen LogP contribution in [-0.2, 0) is 20.1 Å². The van der Waals surface area contributed by atoms with E-state index in [1.54, 1.807) is 0 Å². The molecule has 5 heteroatoms. The molecule has 3 heterocycles. The van der Waals surface area contributed by atoms with Gasteiger partial charge in [-0.1, -0.05) is 136 Å². The number of aromatic nitrogens is 2. The van der Waals surface area contributed by atoms with Gasteiger partial charge in [0.25, 0.3) is 0 Å². The second-order valence-electron chi connectivity index (χ2n) is 13.7. The smallest absolute Gasteiger partial charge is 0.120 e. The number of hydrogen-bond donors (Lipinski definition) is 0. The molecule has 0 bridgehead atoms. The normalized spacial score (nSPS) is 11.4. The number of para-hydroxylation sites is 1. The monoisotopic (exact) mass is 823 g/mol. The number of hydrogen-bond acceptors (Lipinski definition) is 3. The van der Waals surface area contributed by atoms with Gasteiger partial charge in [0.15, 0.2) is 0 Å². The van der Waals surface area contributed by atoms with Gasteiger partial charge in [-0.05, 0) is 45.9 Å². The molecular weight excluding hydrogens is 781 g/mol. The van der Waals surface area contributed by atoms with Crippen LogP contribution in [0.5, 0.6) is 0 Å². The van der Waals surface area contributed by atoms with Gasteiger partial charge in [-0.15, -0.1) is 48.0 Å². The zero-order valence-electron chi connectivity index (χ0n) is 28.8. The fourth-order valence-electron chi connectivity index (χ4n) is 6.02. The van der Waals surface area contributed by atoms with Crippen LogP contribution in [0.4, 0.5) is 0 Å². The van der Waals surface area contributed by atoms with E-state index in [4.69, 9.17) is 4.42 Å². The Balaban J connectivity index is 0.000000198. The number of fused-ring (bicyclic) bond motifs is 3. The maximum atomic E-state index is 6.33.